The molecule has 0 radical (unpaired) electrons. The molecular weight excluding hydrogens is 238 g/mol. The minimum Gasteiger partial charge on any atom is -0.377 e. The van der Waals surface area contributed by atoms with E-state index in [2.05, 4.69) is 50.2 Å². The lowest BCUT2D eigenvalue weighted by Gasteiger charge is -2.24. The zero-order valence-electron chi connectivity index (χ0n) is 13.9. The summed E-state index contributed by atoms with van der Waals surface area (Å²) >= 11 is 0. The molecule has 0 bridgehead atoms. The minimum atomic E-state index is -0.177. The Bertz CT molecular complexity index is 267. The van der Waals surface area contributed by atoms with E-state index < -0.39 is 0 Å². The number of guanidine groups is 1. The molecule has 0 aromatic carbocycles. The first-order chi connectivity index (χ1) is 8.70. The van der Waals surface area contributed by atoms with Crippen molar-refractivity contribution in [3.8, 4) is 0 Å². The third-order valence-corrected chi connectivity index (χ3v) is 3.10. The van der Waals surface area contributed by atoms with Crippen molar-refractivity contribution in [3.63, 3.8) is 0 Å². The van der Waals surface area contributed by atoms with Gasteiger partial charge in [-0.05, 0) is 32.1 Å². The summed E-state index contributed by atoms with van der Waals surface area (Å²) in [6.07, 6.45) is 3.68. The van der Waals surface area contributed by atoms with Crippen molar-refractivity contribution in [2.75, 3.05) is 27.2 Å². The highest BCUT2D eigenvalue weighted by Crippen LogP contribution is 2.21. The van der Waals surface area contributed by atoms with Gasteiger partial charge in [0.25, 0.3) is 0 Å². The van der Waals surface area contributed by atoms with Gasteiger partial charge in [0.15, 0.2) is 5.96 Å². The van der Waals surface area contributed by atoms with E-state index in [1.54, 1.807) is 14.2 Å². The van der Waals surface area contributed by atoms with Crippen molar-refractivity contribution in [2.45, 2.75) is 59.5 Å². The lowest BCUT2D eigenvalue weighted by molar-refractivity contribution is 0.0268. The van der Waals surface area contributed by atoms with Gasteiger partial charge >= 0.3 is 0 Å². The van der Waals surface area contributed by atoms with Crippen LogP contribution in [-0.4, -0.2) is 38.8 Å². The second kappa shape index (κ2) is 8.41. The van der Waals surface area contributed by atoms with E-state index in [0.29, 0.717) is 5.41 Å². The molecule has 4 heteroatoms. The number of nitrogens with zero attached hydrogens (tertiary/aromatic N) is 1. The Morgan fingerprint density at radius 1 is 1.05 bits per heavy atom. The number of hydrogen-bond acceptors (Lipinski definition) is 2. The molecule has 114 valence electrons. The van der Waals surface area contributed by atoms with Crippen molar-refractivity contribution in [2.24, 2.45) is 10.4 Å². The normalized spacial score (nSPS) is 13.5. The van der Waals surface area contributed by atoms with Crippen LogP contribution < -0.4 is 10.6 Å². The first-order valence-electron chi connectivity index (χ1n) is 7.20. The van der Waals surface area contributed by atoms with Crippen molar-refractivity contribution >= 4 is 5.96 Å². The summed E-state index contributed by atoms with van der Waals surface area (Å²) < 4.78 is 5.37. The molecule has 0 heterocycles. The number of unbranched alkanes of at least 4 members (excludes halogenated alkanes) is 1. The van der Waals surface area contributed by atoms with Crippen molar-refractivity contribution in [1.29, 1.82) is 0 Å². The number of hydrogen-bond donors (Lipinski definition) is 2. The van der Waals surface area contributed by atoms with E-state index in [1.165, 1.54) is 19.3 Å². The van der Waals surface area contributed by atoms with Gasteiger partial charge in [0.2, 0.25) is 0 Å². The summed E-state index contributed by atoms with van der Waals surface area (Å²) in [5.74, 6) is 0.848. The maximum absolute atomic E-state index is 5.37. The van der Waals surface area contributed by atoms with Crippen LogP contribution in [0.3, 0.4) is 0 Å². The second-order valence-electron chi connectivity index (χ2n) is 6.83. The third kappa shape index (κ3) is 10.8. The van der Waals surface area contributed by atoms with Crippen LogP contribution in [0.5, 0.6) is 0 Å². The molecule has 0 saturated heterocycles. The molecule has 2 N–H and O–H groups in total. The topological polar surface area (TPSA) is 45.7 Å². The SMILES string of the molecule is CN=C(NCCCCC(C)(C)C)NCC(C)(C)OC. The van der Waals surface area contributed by atoms with E-state index in [9.17, 15) is 0 Å². The van der Waals surface area contributed by atoms with Gasteiger partial charge in [-0.3, -0.25) is 4.99 Å². The smallest absolute Gasteiger partial charge is 0.191 e. The van der Waals surface area contributed by atoms with E-state index in [4.69, 9.17) is 4.74 Å². The zero-order chi connectivity index (χ0) is 14.9. The van der Waals surface area contributed by atoms with Gasteiger partial charge in [0, 0.05) is 27.2 Å². The van der Waals surface area contributed by atoms with Gasteiger partial charge < -0.3 is 15.4 Å². The van der Waals surface area contributed by atoms with Crippen LogP contribution in [0.1, 0.15) is 53.9 Å². The highest BCUT2D eigenvalue weighted by Gasteiger charge is 2.16. The fourth-order valence-electron chi connectivity index (χ4n) is 1.58. The highest BCUT2D eigenvalue weighted by molar-refractivity contribution is 5.79. The third-order valence-electron chi connectivity index (χ3n) is 3.10. The molecule has 0 saturated carbocycles. The summed E-state index contributed by atoms with van der Waals surface area (Å²) in [7, 11) is 3.52. The lowest BCUT2D eigenvalue weighted by atomic mass is 9.90. The fourth-order valence-corrected chi connectivity index (χ4v) is 1.58. The summed E-state index contributed by atoms with van der Waals surface area (Å²) in [6.45, 7) is 12.7. The Kier molecular flexibility index (Phi) is 8.07. The molecule has 0 atom stereocenters. The number of rotatable bonds is 7. The van der Waals surface area contributed by atoms with E-state index >= 15 is 0 Å². The van der Waals surface area contributed by atoms with Gasteiger partial charge in [0.05, 0.1) is 5.60 Å². The largest absolute Gasteiger partial charge is 0.377 e. The van der Waals surface area contributed by atoms with Crippen LogP contribution in [0, 0.1) is 5.41 Å². The highest BCUT2D eigenvalue weighted by atomic mass is 16.5. The quantitative estimate of drug-likeness (QED) is 0.425. The Morgan fingerprint density at radius 2 is 1.68 bits per heavy atom. The molecule has 0 spiro atoms. The first-order valence-corrected chi connectivity index (χ1v) is 7.20. The molecule has 0 rings (SSSR count). The molecule has 0 fully saturated rings. The zero-order valence-corrected chi connectivity index (χ0v) is 13.9. The average molecular weight is 271 g/mol. The van der Waals surface area contributed by atoms with Crippen LogP contribution in [0.15, 0.2) is 4.99 Å². The van der Waals surface area contributed by atoms with Crippen LogP contribution >= 0.6 is 0 Å². The predicted octanol–water partition coefficient (Wildman–Crippen LogP) is 2.79. The van der Waals surface area contributed by atoms with Crippen LogP contribution in [0.4, 0.5) is 0 Å². The number of ether oxygens (including phenoxy) is 1. The van der Waals surface area contributed by atoms with Gasteiger partial charge in [0.1, 0.15) is 0 Å². The number of methoxy groups -OCH3 is 1. The molecule has 0 aliphatic heterocycles. The Morgan fingerprint density at radius 3 is 2.16 bits per heavy atom. The molecule has 0 amide bonds. The second-order valence-corrected chi connectivity index (χ2v) is 6.83. The Hall–Kier alpha value is -0.770. The lowest BCUT2D eigenvalue weighted by Crippen LogP contribution is -2.45. The van der Waals surface area contributed by atoms with Crippen LogP contribution in [0.25, 0.3) is 0 Å². The van der Waals surface area contributed by atoms with E-state index in [-0.39, 0.29) is 5.60 Å². The minimum absolute atomic E-state index is 0.177. The first kappa shape index (κ1) is 18.2. The summed E-state index contributed by atoms with van der Waals surface area (Å²) in [5, 5.41) is 6.62. The Balaban J connectivity index is 3.79. The van der Waals surface area contributed by atoms with Crippen molar-refractivity contribution in [3.05, 3.63) is 0 Å². The maximum Gasteiger partial charge on any atom is 0.191 e. The van der Waals surface area contributed by atoms with E-state index in [1.807, 2.05) is 0 Å². The maximum atomic E-state index is 5.37. The fraction of sp³-hybridized carbons (Fsp3) is 0.933. The summed E-state index contributed by atoms with van der Waals surface area (Å²) in [5.41, 5.74) is 0.256. The predicted molar refractivity (Wildman–Crippen MR) is 83.8 cm³/mol. The number of aliphatic imine (C=N–C) groups is 1. The van der Waals surface area contributed by atoms with Crippen LogP contribution in [-0.2, 0) is 4.74 Å². The van der Waals surface area contributed by atoms with Gasteiger partial charge in [-0.2, -0.15) is 0 Å². The van der Waals surface area contributed by atoms with E-state index in [0.717, 1.165) is 19.0 Å². The van der Waals surface area contributed by atoms with Crippen molar-refractivity contribution < 1.29 is 4.74 Å². The summed E-state index contributed by atoms with van der Waals surface area (Å²) in [4.78, 5) is 4.21. The molecule has 0 aromatic heterocycles. The molecule has 0 aliphatic rings. The number of nitrogens with one attached hydrogen (secondary N) is 2. The van der Waals surface area contributed by atoms with Crippen molar-refractivity contribution in [1.82, 2.24) is 10.6 Å². The van der Waals surface area contributed by atoms with Gasteiger partial charge in [-0.1, -0.05) is 27.2 Å². The monoisotopic (exact) mass is 271 g/mol. The molecular formula is C15H33N3O. The van der Waals surface area contributed by atoms with Gasteiger partial charge in [-0.25, -0.2) is 0 Å². The molecule has 0 aromatic rings. The average Bonchev–Trinajstić information content (AvgIpc) is 2.31. The summed E-state index contributed by atoms with van der Waals surface area (Å²) in [6, 6.07) is 0. The standard InChI is InChI=1S/C15H33N3O/c1-14(2,3)10-8-9-11-17-13(16-6)18-12-15(4,5)19-7/h8-12H2,1-7H3,(H2,16,17,18). The van der Waals surface area contributed by atoms with Gasteiger partial charge in [-0.15, -0.1) is 0 Å². The molecule has 0 aliphatic carbocycles. The van der Waals surface area contributed by atoms with Crippen LogP contribution in [0.2, 0.25) is 0 Å². The Labute approximate surface area is 119 Å². The molecule has 4 nitrogen and oxygen atoms in total. The molecule has 19 heavy (non-hydrogen) atoms. The molecule has 0 unspecified atom stereocenters.